The van der Waals surface area contributed by atoms with Crippen LogP contribution in [0.1, 0.15) is 27.9 Å². The number of benzene rings is 3. The van der Waals surface area contributed by atoms with Gasteiger partial charge in [-0.15, -0.1) is 0 Å². The van der Waals surface area contributed by atoms with Crippen LogP contribution in [0, 0.1) is 11.6 Å². The Morgan fingerprint density at radius 1 is 0.861 bits per heavy atom. The fraction of sp³-hybridized carbons (Fsp3) is 0.345. The van der Waals surface area contributed by atoms with E-state index in [1.165, 1.54) is 35.9 Å². The van der Waals surface area contributed by atoms with E-state index >= 15 is 0 Å². The van der Waals surface area contributed by atoms with Crippen LogP contribution >= 0.6 is 0 Å². The number of hydrogen-bond donors (Lipinski definition) is 1. The number of ether oxygens (including phenoxy) is 1. The molecule has 1 atom stereocenters. The molecule has 1 aliphatic heterocycles. The van der Waals surface area contributed by atoms with E-state index in [1.54, 1.807) is 12.1 Å². The summed E-state index contributed by atoms with van der Waals surface area (Å²) < 4.78 is 32.7. The van der Waals surface area contributed by atoms with Crippen molar-refractivity contribution in [2.24, 2.45) is 0 Å². The second kappa shape index (κ2) is 12.7. The molecule has 7 heteroatoms. The summed E-state index contributed by atoms with van der Waals surface area (Å²) in [6.07, 6.45) is -0.187. The van der Waals surface area contributed by atoms with Gasteiger partial charge in [-0.05, 0) is 47.9 Å². The summed E-state index contributed by atoms with van der Waals surface area (Å²) in [6.45, 7) is 4.95. The molecule has 0 saturated carbocycles. The molecule has 3 aromatic rings. The van der Waals surface area contributed by atoms with Gasteiger partial charge in [-0.25, -0.2) is 8.78 Å². The lowest BCUT2D eigenvalue weighted by molar-refractivity contribution is 0.0443. The second-order valence-electron chi connectivity index (χ2n) is 9.22. The number of β-amino-alcohol motifs (C(OH)–C–C–N with tert-alkyl or cyclic N) is 1. The minimum atomic E-state index is -0.738. The van der Waals surface area contributed by atoms with Crippen LogP contribution in [0.3, 0.4) is 0 Å². The highest BCUT2D eigenvalue weighted by Crippen LogP contribution is 2.23. The predicted octanol–water partition coefficient (Wildman–Crippen LogP) is 4.34. The van der Waals surface area contributed by atoms with Crippen LogP contribution in [0.25, 0.3) is 0 Å². The van der Waals surface area contributed by atoms with Crippen LogP contribution in [0.2, 0.25) is 0 Å². The summed E-state index contributed by atoms with van der Waals surface area (Å²) in [5.41, 5.74) is 2.27. The van der Waals surface area contributed by atoms with Crippen LogP contribution < -0.4 is 4.74 Å². The van der Waals surface area contributed by atoms with Crippen molar-refractivity contribution in [1.29, 1.82) is 0 Å². The Labute approximate surface area is 210 Å². The van der Waals surface area contributed by atoms with Gasteiger partial charge in [0.05, 0.1) is 5.56 Å². The molecule has 1 aliphatic rings. The first-order valence-electron chi connectivity index (χ1n) is 12.3. The maximum Gasteiger partial charge on any atom is 0.167 e. The van der Waals surface area contributed by atoms with Gasteiger partial charge < -0.3 is 9.84 Å². The predicted molar refractivity (Wildman–Crippen MR) is 135 cm³/mol. The SMILES string of the molecule is O=C(CCc1ccc(F)cc1)c1cc(F)ccc1OCC(O)CN1CCN(Cc2ccccc2)CC1. The lowest BCUT2D eigenvalue weighted by Gasteiger charge is -2.35. The van der Waals surface area contributed by atoms with Crippen molar-refractivity contribution in [2.75, 3.05) is 39.3 Å². The number of Topliss-reactive ketones (excluding diaryl/α,β-unsaturated/α-hetero) is 1. The molecule has 190 valence electrons. The molecule has 1 saturated heterocycles. The standard InChI is InChI=1S/C29H32F2N2O3/c30-24-9-6-22(7-10-24)8-12-28(35)27-18-25(31)11-13-29(27)36-21-26(34)20-33-16-14-32(15-17-33)19-23-4-2-1-3-5-23/h1-7,9-11,13,18,26,34H,8,12,14-17,19-21H2. The van der Waals surface area contributed by atoms with Crippen LogP contribution in [0.15, 0.2) is 72.8 Å². The quantitative estimate of drug-likeness (QED) is 0.402. The number of piperazine rings is 1. The number of nitrogens with zero attached hydrogens (tertiary/aromatic N) is 2. The largest absolute Gasteiger partial charge is 0.490 e. The van der Waals surface area contributed by atoms with E-state index in [9.17, 15) is 18.7 Å². The zero-order valence-electron chi connectivity index (χ0n) is 20.3. The first-order chi connectivity index (χ1) is 17.5. The van der Waals surface area contributed by atoms with Crippen LogP contribution in [0.5, 0.6) is 5.75 Å². The lowest BCUT2D eigenvalue weighted by atomic mass is 10.0. The van der Waals surface area contributed by atoms with Crippen LogP contribution in [-0.2, 0) is 13.0 Å². The molecule has 0 radical (unpaired) electrons. The monoisotopic (exact) mass is 494 g/mol. The number of aliphatic hydroxyl groups excluding tert-OH is 1. The second-order valence-corrected chi connectivity index (χ2v) is 9.22. The van der Waals surface area contributed by atoms with Crippen molar-refractivity contribution in [1.82, 2.24) is 9.80 Å². The molecule has 1 heterocycles. The van der Waals surface area contributed by atoms with Crippen molar-refractivity contribution in [3.8, 4) is 5.75 Å². The molecule has 0 aromatic heterocycles. The topological polar surface area (TPSA) is 53.0 Å². The zero-order valence-corrected chi connectivity index (χ0v) is 20.3. The number of rotatable bonds is 11. The summed E-state index contributed by atoms with van der Waals surface area (Å²) in [7, 11) is 0. The Morgan fingerprint density at radius 3 is 2.25 bits per heavy atom. The molecule has 0 spiro atoms. The average Bonchev–Trinajstić information content (AvgIpc) is 2.89. The van der Waals surface area contributed by atoms with Crippen molar-refractivity contribution in [3.63, 3.8) is 0 Å². The van der Waals surface area contributed by atoms with E-state index in [1.807, 2.05) is 18.2 Å². The molecule has 1 fully saturated rings. The first-order valence-corrected chi connectivity index (χ1v) is 12.3. The molecule has 3 aromatic carbocycles. The van der Waals surface area contributed by atoms with Crippen molar-refractivity contribution < 1.29 is 23.4 Å². The molecular formula is C29H32F2N2O3. The van der Waals surface area contributed by atoms with Gasteiger partial charge in [0.1, 0.15) is 30.1 Å². The van der Waals surface area contributed by atoms with E-state index in [0.717, 1.165) is 38.3 Å². The minimum absolute atomic E-state index is 0.00804. The van der Waals surface area contributed by atoms with E-state index < -0.39 is 11.9 Å². The molecule has 0 amide bonds. The summed E-state index contributed by atoms with van der Waals surface area (Å²) >= 11 is 0. The van der Waals surface area contributed by atoms with Crippen LogP contribution in [0.4, 0.5) is 8.78 Å². The number of hydrogen-bond acceptors (Lipinski definition) is 5. The smallest absolute Gasteiger partial charge is 0.167 e. The molecule has 1 unspecified atom stereocenters. The van der Waals surface area contributed by atoms with Gasteiger partial charge in [0.15, 0.2) is 5.78 Å². The fourth-order valence-electron chi connectivity index (χ4n) is 4.40. The Kier molecular flexibility index (Phi) is 9.17. The lowest BCUT2D eigenvalue weighted by Crippen LogP contribution is -2.48. The molecule has 0 bridgehead atoms. The van der Waals surface area contributed by atoms with E-state index in [-0.39, 0.29) is 35.9 Å². The Bertz CT molecular complexity index is 1120. The number of aryl methyl sites for hydroxylation is 1. The number of carbonyl (C=O) groups is 1. The highest BCUT2D eigenvalue weighted by atomic mass is 19.1. The molecule has 0 aliphatic carbocycles. The van der Waals surface area contributed by atoms with Gasteiger partial charge >= 0.3 is 0 Å². The maximum absolute atomic E-state index is 13.9. The van der Waals surface area contributed by atoms with Crippen molar-refractivity contribution in [3.05, 3.63) is 101 Å². The first kappa shape index (κ1) is 25.9. The molecule has 36 heavy (non-hydrogen) atoms. The minimum Gasteiger partial charge on any atom is -0.490 e. The number of aliphatic hydroxyl groups is 1. The summed E-state index contributed by atoms with van der Waals surface area (Å²) in [5, 5.41) is 10.6. The van der Waals surface area contributed by atoms with Gasteiger partial charge in [0.2, 0.25) is 0 Å². The van der Waals surface area contributed by atoms with Crippen molar-refractivity contribution in [2.45, 2.75) is 25.5 Å². The zero-order chi connectivity index (χ0) is 25.3. The van der Waals surface area contributed by atoms with E-state index in [0.29, 0.717) is 13.0 Å². The Hall–Kier alpha value is -3.13. The van der Waals surface area contributed by atoms with Gasteiger partial charge in [0.25, 0.3) is 0 Å². The summed E-state index contributed by atoms with van der Waals surface area (Å²) in [5.74, 6) is -0.870. The third kappa shape index (κ3) is 7.68. The average molecular weight is 495 g/mol. The van der Waals surface area contributed by atoms with Gasteiger partial charge in [-0.1, -0.05) is 42.5 Å². The number of halogens is 2. The normalized spacial score (nSPS) is 15.5. The van der Waals surface area contributed by atoms with Crippen LogP contribution in [-0.4, -0.2) is 66.1 Å². The number of carbonyl (C=O) groups excluding carboxylic acids is 1. The summed E-state index contributed by atoms with van der Waals surface area (Å²) in [6, 6.07) is 20.2. The third-order valence-electron chi connectivity index (χ3n) is 6.41. The summed E-state index contributed by atoms with van der Waals surface area (Å²) in [4.78, 5) is 17.4. The highest BCUT2D eigenvalue weighted by Gasteiger charge is 2.21. The Morgan fingerprint density at radius 2 is 1.53 bits per heavy atom. The maximum atomic E-state index is 13.9. The fourth-order valence-corrected chi connectivity index (χ4v) is 4.40. The number of ketones is 1. The molecule has 1 N–H and O–H groups in total. The van der Waals surface area contributed by atoms with E-state index in [2.05, 4.69) is 21.9 Å². The molecule has 4 rings (SSSR count). The van der Waals surface area contributed by atoms with Gasteiger partial charge in [-0.2, -0.15) is 0 Å². The van der Waals surface area contributed by atoms with Gasteiger partial charge in [0, 0.05) is 45.7 Å². The van der Waals surface area contributed by atoms with Gasteiger partial charge in [-0.3, -0.25) is 14.6 Å². The van der Waals surface area contributed by atoms with Crippen molar-refractivity contribution >= 4 is 5.78 Å². The van der Waals surface area contributed by atoms with E-state index in [4.69, 9.17) is 4.74 Å². The Balaban J connectivity index is 1.24. The highest BCUT2D eigenvalue weighted by molar-refractivity contribution is 5.98. The molecular weight excluding hydrogens is 462 g/mol. The molecule has 5 nitrogen and oxygen atoms in total. The third-order valence-corrected chi connectivity index (χ3v) is 6.41.